The van der Waals surface area contributed by atoms with Crippen LogP contribution >= 0.6 is 0 Å². The van der Waals surface area contributed by atoms with Gasteiger partial charge in [-0.25, -0.2) is 4.68 Å². The third-order valence-corrected chi connectivity index (χ3v) is 5.25. The molecule has 0 fully saturated rings. The number of benzene rings is 2. The molecular weight excluding hydrogens is 360 g/mol. The molecular formula is C24H26N4O. The van der Waals surface area contributed by atoms with Gasteiger partial charge in [0.25, 0.3) is 5.91 Å². The summed E-state index contributed by atoms with van der Waals surface area (Å²) in [5.41, 5.74) is 5.70. The summed E-state index contributed by atoms with van der Waals surface area (Å²) >= 11 is 0. The van der Waals surface area contributed by atoms with Crippen molar-refractivity contribution in [2.24, 2.45) is 0 Å². The molecule has 4 rings (SSSR count). The predicted molar refractivity (Wildman–Crippen MR) is 116 cm³/mol. The fraction of sp³-hybridized carbons (Fsp3) is 0.250. The second-order valence-corrected chi connectivity index (χ2v) is 7.22. The zero-order chi connectivity index (χ0) is 20.1. The summed E-state index contributed by atoms with van der Waals surface area (Å²) in [4.78, 5) is 13.0. The number of hydrogen-bond donors (Lipinski definition) is 2. The van der Waals surface area contributed by atoms with E-state index in [4.69, 9.17) is 5.10 Å². The van der Waals surface area contributed by atoms with E-state index in [0.29, 0.717) is 17.8 Å². The summed E-state index contributed by atoms with van der Waals surface area (Å²) in [6.45, 7) is 4.54. The van der Waals surface area contributed by atoms with E-state index < -0.39 is 0 Å². The van der Waals surface area contributed by atoms with Crippen molar-refractivity contribution in [3.8, 4) is 16.9 Å². The summed E-state index contributed by atoms with van der Waals surface area (Å²) in [7, 11) is 0. The highest BCUT2D eigenvalue weighted by Gasteiger charge is 2.19. The van der Waals surface area contributed by atoms with Gasteiger partial charge in [-0.3, -0.25) is 4.79 Å². The van der Waals surface area contributed by atoms with Crippen LogP contribution < -0.4 is 10.6 Å². The molecule has 1 aromatic heterocycles. The largest absolute Gasteiger partial charge is 0.348 e. The molecule has 2 aromatic carbocycles. The zero-order valence-electron chi connectivity index (χ0n) is 16.7. The Hall–Kier alpha value is -3.18. The first-order chi connectivity index (χ1) is 14.2. The van der Waals surface area contributed by atoms with Crippen molar-refractivity contribution in [1.29, 1.82) is 0 Å². The van der Waals surface area contributed by atoms with Gasteiger partial charge in [0.15, 0.2) is 0 Å². The Morgan fingerprint density at radius 3 is 2.62 bits per heavy atom. The molecule has 148 valence electrons. The molecule has 1 amide bonds. The van der Waals surface area contributed by atoms with E-state index in [0.717, 1.165) is 37.2 Å². The van der Waals surface area contributed by atoms with Crippen LogP contribution in [-0.4, -0.2) is 35.3 Å². The van der Waals surface area contributed by atoms with Crippen molar-refractivity contribution in [3.63, 3.8) is 0 Å². The standard InChI is InChI=1S/C24H26N4O/c1-2-18-8-10-20(11-9-18)23-22(17-28(27-23)21-6-4-3-5-7-21)24(29)26-16-19-12-14-25-15-13-19/h3-12,17,25H,2,13-16H2,1H3,(H,26,29). The van der Waals surface area contributed by atoms with Crippen LogP contribution in [-0.2, 0) is 6.42 Å². The van der Waals surface area contributed by atoms with Crippen molar-refractivity contribution in [3.05, 3.63) is 83.6 Å². The van der Waals surface area contributed by atoms with E-state index in [-0.39, 0.29) is 5.91 Å². The van der Waals surface area contributed by atoms with E-state index in [2.05, 4.69) is 35.8 Å². The highest BCUT2D eigenvalue weighted by atomic mass is 16.1. The molecule has 0 bridgehead atoms. The lowest BCUT2D eigenvalue weighted by atomic mass is 10.0. The Labute approximate surface area is 171 Å². The normalized spacial score (nSPS) is 13.8. The van der Waals surface area contributed by atoms with Gasteiger partial charge in [-0.05, 0) is 37.1 Å². The molecule has 0 saturated carbocycles. The molecule has 0 unspecified atom stereocenters. The minimum Gasteiger partial charge on any atom is -0.348 e. The van der Waals surface area contributed by atoms with E-state index in [1.54, 1.807) is 4.68 Å². The molecule has 3 aromatic rings. The Morgan fingerprint density at radius 1 is 1.14 bits per heavy atom. The molecule has 1 aliphatic heterocycles. The van der Waals surface area contributed by atoms with Crippen molar-refractivity contribution in [2.45, 2.75) is 19.8 Å². The number of nitrogens with zero attached hydrogens (tertiary/aromatic N) is 2. The van der Waals surface area contributed by atoms with Gasteiger partial charge < -0.3 is 10.6 Å². The number of hydrogen-bond acceptors (Lipinski definition) is 3. The van der Waals surface area contributed by atoms with Crippen LogP contribution in [0.1, 0.15) is 29.3 Å². The maximum Gasteiger partial charge on any atom is 0.255 e. The number of para-hydroxylation sites is 1. The van der Waals surface area contributed by atoms with Gasteiger partial charge >= 0.3 is 0 Å². The summed E-state index contributed by atoms with van der Waals surface area (Å²) in [5, 5.41) is 11.1. The van der Waals surface area contributed by atoms with E-state index in [1.165, 1.54) is 11.1 Å². The van der Waals surface area contributed by atoms with Crippen LogP contribution in [0.3, 0.4) is 0 Å². The Balaban J connectivity index is 1.65. The smallest absolute Gasteiger partial charge is 0.255 e. The molecule has 29 heavy (non-hydrogen) atoms. The SMILES string of the molecule is CCc1ccc(-c2nn(-c3ccccc3)cc2C(=O)NCC2=CCNCC2)cc1. The van der Waals surface area contributed by atoms with E-state index >= 15 is 0 Å². The first-order valence-electron chi connectivity index (χ1n) is 10.2. The van der Waals surface area contributed by atoms with Crippen molar-refractivity contribution >= 4 is 5.91 Å². The number of nitrogens with one attached hydrogen (secondary N) is 2. The summed E-state index contributed by atoms with van der Waals surface area (Å²) in [6.07, 6.45) is 5.93. The van der Waals surface area contributed by atoms with Crippen molar-refractivity contribution < 1.29 is 4.79 Å². The highest BCUT2D eigenvalue weighted by molar-refractivity contribution is 6.00. The van der Waals surface area contributed by atoms with Gasteiger partial charge in [0.2, 0.25) is 0 Å². The molecule has 0 saturated heterocycles. The maximum atomic E-state index is 13.0. The first-order valence-corrected chi connectivity index (χ1v) is 10.2. The molecule has 5 heteroatoms. The van der Waals surface area contributed by atoms with Crippen LogP contribution in [0.4, 0.5) is 0 Å². The Morgan fingerprint density at radius 2 is 1.93 bits per heavy atom. The lowest BCUT2D eigenvalue weighted by Gasteiger charge is -2.14. The molecule has 2 heterocycles. The van der Waals surface area contributed by atoms with Gasteiger partial charge in [0.05, 0.1) is 11.3 Å². The molecule has 5 nitrogen and oxygen atoms in total. The third kappa shape index (κ3) is 4.46. The zero-order valence-corrected chi connectivity index (χ0v) is 16.7. The number of carbonyl (C=O) groups is 1. The fourth-order valence-corrected chi connectivity index (χ4v) is 3.48. The average molecular weight is 386 g/mol. The van der Waals surface area contributed by atoms with Gasteiger partial charge in [-0.2, -0.15) is 5.10 Å². The Bertz CT molecular complexity index is 1000. The predicted octanol–water partition coefficient (Wildman–Crippen LogP) is 3.75. The van der Waals surface area contributed by atoms with Crippen molar-refractivity contribution in [2.75, 3.05) is 19.6 Å². The number of amides is 1. The van der Waals surface area contributed by atoms with Crippen LogP contribution in [0.5, 0.6) is 0 Å². The summed E-state index contributed by atoms with van der Waals surface area (Å²) in [6, 6.07) is 18.2. The monoisotopic (exact) mass is 386 g/mol. The van der Waals surface area contributed by atoms with Gasteiger partial charge in [0, 0.05) is 24.8 Å². The number of aromatic nitrogens is 2. The average Bonchev–Trinajstić information content (AvgIpc) is 3.24. The lowest BCUT2D eigenvalue weighted by Crippen LogP contribution is -2.29. The van der Waals surface area contributed by atoms with Crippen LogP contribution in [0.25, 0.3) is 16.9 Å². The summed E-state index contributed by atoms with van der Waals surface area (Å²) < 4.78 is 1.78. The van der Waals surface area contributed by atoms with Gasteiger partial charge in [-0.1, -0.05) is 61.0 Å². The van der Waals surface area contributed by atoms with Crippen LogP contribution in [0.2, 0.25) is 0 Å². The maximum absolute atomic E-state index is 13.0. The van der Waals surface area contributed by atoms with Crippen LogP contribution in [0.15, 0.2) is 72.4 Å². The lowest BCUT2D eigenvalue weighted by molar-refractivity contribution is 0.0957. The van der Waals surface area contributed by atoms with Gasteiger partial charge in [-0.15, -0.1) is 0 Å². The quantitative estimate of drug-likeness (QED) is 0.635. The van der Waals surface area contributed by atoms with Crippen LogP contribution in [0, 0.1) is 0 Å². The number of aryl methyl sites for hydroxylation is 1. The molecule has 0 aliphatic carbocycles. The second kappa shape index (κ2) is 8.88. The van der Waals surface area contributed by atoms with E-state index in [1.807, 2.05) is 48.7 Å². The summed E-state index contributed by atoms with van der Waals surface area (Å²) in [5.74, 6) is -0.0961. The molecule has 0 spiro atoms. The molecule has 0 atom stereocenters. The molecule has 0 radical (unpaired) electrons. The second-order valence-electron chi connectivity index (χ2n) is 7.22. The number of carbonyl (C=O) groups excluding carboxylic acids is 1. The molecule has 1 aliphatic rings. The third-order valence-electron chi connectivity index (χ3n) is 5.25. The van der Waals surface area contributed by atoms with Crippen molar-refractivity contribution in [1.82, 2.24) is 20.4 Å². The highest BCUT2D eigenvalue weighted by Crippen LogP contribution is 2.24. The Kier molecular flexibility index (Phi) is 5.86. The topological polar surface area (TPSA) is 59.0 Å². The van der Waals surface area contributed by atoms with Gasteiger partial charge in [0.1, 0.15) is 5.69 Å². The first kappa shape index (κ1) is 19.2. The number of rotatable bonds is 6. The minimum atomic E-state index is -0.0961. The van der Waals surface area contributed by atoms with E-state index in [9.17, 15) is 4.79 Å². The minimum absolute atomic E-state index is 0.0961. The fourth-order valence-electron chi connectivity index (χ4n) is 3.48. The molecule has 2 N–H and O–H groups in total.